The van der Waals surface area contributed by atoms with E-state index in [0.717, 1.165) is 5.56 Å². The molecule has 1 amide bonds. The first-order valence-electron chi connectivity index (χ1n) is 9.36. The first kappa shape index (κ1) is 19.1. The summed E-state index contributed by atoms with van der Waals surface area (Å²) >= 11 is 0. The molecule has 8 heteroatoms. The maximum absolute atomic E-state index is 12.9. The molecule has 1 aromatic carbocycles. The number of hydrogen-bond donors (Lipinski definition) is 0. The monoisotopic (exact) mass is 394 g/mol. The molecule has 0 bridgehead atoms. The predicted octanol–water partition coefficient (Wildman–Crippen LogP) is 2.64. The Morgan fingerprint density at radius 3 is 2.66 bits per heavy atom. The van der Waals surface area contributed by atoms with Gasteiger partial charge in [-0.3, -0.25) is 4.79 Å². The van der Waals surface area contributed by atoms with Gasteiger partial charge in [0.2, 0.25) is 17.7 Å². The van der Waals surface area contributed by atoms with Crippen LogP contribution in [0.2, 0.25) is 0 Å². The third-order valence-electron chi connectivity index (χ3n) is 5.08. The highest BCUT2D eigenvalue weighted by Gasteiger charge is 2.39. The zero-order valence-electron chi connectivity index (χ0n) is 16.3. The van der Waals surface area contributed by atoms with E-state index in [1.807, 2.05) is 30.3 Å². The van der Waals surface area contributed by atoms with Crippen LogP contribution < -0.4 is 4.74 Å². The Bertz CT molecular complexity index is 958. The van der Waals surface area contributed by atoms with Gasteiger partial charge in [0.25, 0.3) is 5.91 Å². The average molecular weight is 394 g/mol. The van der Waals surface area contributed by atoms with E-state index < -0.39 is 0 Å². The largest absolute Gasteiger partial charge is 0.481 e. The predicted molar refractivity (Wildman–Crippen MR) is 105 cm³/mol. The Balaban J connectivity index is 1.54. The number of aromatic nitrogens is 3. The molecule has 3 heterocycles. The van der Waals surface area contributed by atoms with Crippen LogP contribution in [0.1, 0.15) is 22.2 Å². The summed E-state index contributed by atoms with van der Waals surface area (Å²) in [6.45, 7) is 1.53. The van der Waals surface area contributed by atoms with Crippen molar-refractivity contribution in [3.8, 4) is 17.3 Å². The molecule has 2 aromatic heterocycles. The molecule has 1 fully saturated rings. The van der Waals surface area contributed by atoms with E-state index in [4.69, 9.17) is 13.9 Å². The van der Waals surface area contributed by atoms with Gasteiger partial charge in [0.1, 0.15) is 0 Å². The van der Waals surface area contributed by atoms with Crippen molar-refractivity contribution >= 4 is 5.91 Å². The Labute approximate surface area is 168 Å². The van der Waals surface area contributed by atoms with Gasteiger partial charge in [0.05, 0.1) is 25.2 Å². The number of benzene rings is 1. The molecular weight excluding hydrogens is 372 g/mol. The molecule has 0 saturated carbocycles. The zero-order chi connectivity index (χ0) is 20.2. The molecule has 0 radical (unpaired) electrons. The summed E-state index contributed by atoms with van der Waals surface area (Å²) in [5, 5.41) is 8.45. The SMILES string of the molecule is COC[C@@H]1CN(C(=O)c2ccc(OC)nc2)C[C@H]1c1nnc(-c2ccccc2)o1. The summed E-state index contributed by atoms with van der Waals surface area (Å²) < 4.78 is 16.4. The Kier molecular flexibility index (Phi) is 5.53. The molecule has 29 heavy (non-hydrogen) atoms. The van der Waals surface area contributed by atoms with E-state index in [9.17, 15) is 4.79 Å². The molecule has 0 N–H and O–H groups in total. The van der Waals surface area contributed by atoms with E-state index in [2.05, 4.69) is 15.2 Å². The van der Waals surface area contributed by atoms with Crippen LogP contribution in [-0.2, 0) is 4.74 Å². The van der Waals surface area contributed by atoms with Crippen molar-refractivity contribution in [1.29, 1.82) is 0 Å². The van der Waals surface area contributed by atoms with Gasteiger partial charge in [-0.15, -0.1) is 10.2 Å². The third-order valence-corrected chi connectivity index (χ3v) is 5.08. The lowest BCUT2D eigenvalue weighted by atomic mass is 9.97. The number of likely N-dealkylation sites (tertiary alicyclic amines) is 1. The summed E-state index contributed by atoms with van der Waals surface area (Å²) in [4.78, 5) is 18.8. The molecular formula is C21H22N4O4. The molecule has 4 rings (SSSR count). The van der Waals surface area contributed by atoms with Crippen molar-refractivity contribution in [3.63, 3.8) is 0 Å². The molecule has 0 spiro atoms. The van der Waals surface area contributed by atoms with Gasteiger partial charge in [-0.1, -0.05) is 18.2 Å². The second-order valence-electron chi connectivity index (χ2n) is 6.93. The summed E-state index contributed by atoms with van der Waals surface area (Å²) in [5.41, 5.74) is 1.38. The number of methoxy groups -OCH3 is 2. The van der Waals surface area contributed by atoms with Gasteiger partial charge in [-0.2, -0.15) is 0 Å². The maximum Gasteiger partial charge on any atom is 0.255 e. The first-order chi connectivity index (χ1) is 14.2. The van der Waals surface area contributed by atoms with Crippen molar-refractivity contribution in [2.75, 3.05) is 33.9 Å². The van der Waals surface area contributed by atoms with Crippen molar-refractivity contribution in [2.45, 2.75) is 5.92 Å². The van der Waals surface area contributed by atoms with Crippen LogP contribution >= 0.6 is 0 Å². The number of ether oxygens (including phenoxy) is 2. The smallest absolute Gasteiger partial charge is 0.255 e. The second-order valence-corrected chi connectivity index (χ2v) is 6.93. The van der Waals surface area contributed by atoms with Crippen molar-refractivity contribution in [1.82, 2.24) is 20.1 Å². The topological polar surface area (TPSA) is 90.6 Å². The molecule has 0 unspecified atom stereocenters. The molecule has 3 aromatic rings. The van der Waals surface area contributed by atoms with E-state index >= 15 is 0 Å². The number of rotatable bonds is 6. The van der Waals surface area contributed by atoms with Gasteiger partial charge < -0.3 is 18.8 Å². The third kappa shape index (κ3) is 3.97. The Morgan fingerprint density at radius 1 is 1.14 bits per heavy atom. The minimum absolute atomic E-state index is 0.0687. The number of carbonyl (C=O) groups excluding carboxylic acids is 1. The number of pyridine rings is 1. The molecule has 1 aliphatic heterocycles. The fraction of sp³-hybridized carbons (Fsp3) is 0.333. The molecule has 2 atom stereocenters. The van der Waals surface area contributed by atoms with Crippen LogP contribution in [0.3, 0.4) is 0 Å². The summed E-state index contributed by atoms with van der Waals surface area (Å²) in [7, 11) is 3.19. The minimum atomic E-state index is -0.0912. The fourth-order valence-corrected chi connectivity index (χ4v) is 3.59. The van der Waals surface area contributed by atoms with E-state index in [1.165, 1.54) is 6.20 Å². The lowest BCUT2D eigenvalue weighted by Crippen LogP contribution is -2.29. The second kappa shape index (κ2) is 8.40. The van der Waals surface area contributed by atoms with Crippen LogP contribution in [-0.4, -0.2) is 59.9 Å². The van der Waals surface area contributed by atoms with Gasteiger partial charge >= 0.3 is 0 Å². The highest BCUT2D eigenvalue weighted by atomic mass is 16.5. The van der Waals surface area contributed by atoms with Gasteiger partial charge in [-0.25, -0.2) is 4.98 Å². The van der Waals surface area contributed by atoms with E-state index in [-0.39, 0.29) is 17.7 Å². The van der Waals surface area contributed by atoms with Gasteiger partial charge in [-0.05, 0) is 18.2 Å². The summed E-state index contributed by atoms with van der Waals surface area (Å²) in [6.07, 6.45) is 1.53. The first-order valence-corrected chi connectivity index (χ1v) is 9.36. The Morgan fingerprint density at radius 2 is 1.97 bits per heavy atom. The van der Waals surface area contributed by atoms with E-state index in [1.54, 1.807) is 31.3 Å². The molecule has 8 nitrogen and oxygen atoms in total. The molecule has 150 valence electrons. The standard InChI is InChI=1S/C21H22N4O4/c1-27-13-16-11-25(21(26)15-8-9-18(28-2)22-10-15)12-17(16)20-24-23-19(29-20)14-6-4-3-5-7-14/h3-10,16-17H,11-13H2,1-2H3/t16-,17+/m0/s1. The van der Waals surface area contributed by atoms with Crippen molar-refractivity contribution < 1.29 is 18.7 Å². The van der Waals surface area contributed by atoms with Gasteiger partial charge in [0.15, 0.2) is 0 Å². The lowest BCUT2D eigenvalue weighted by molar-refractivity contribution is 0.0775. The van der Waals surface area contributed by atoms with Crippen LogP contribution in [0.4, 0.5) is 0 Å². The quantitative estimate of drug-likeness (QED) is 0.635. The normalized spacial score (nSPS) is 18.8. The minimum Gasteiger partial charge on any atom is -0.481 e. The Hall–Kier alpha value is -3.26. The van der Waals surface area contributed by atoms with Crippen LogP contribution in [0.15, 0.2) is 53.1 Å². The summed E-state index contributed by atoms with van der Waals surface area (Å²) in [5.74, 6) is 1.35. The van der Waals surface area contributed by atoms with Crippen molar-refractivity contribution in [2.24, 2.45) is 5.92 Å². The van der Waals surface area contributed by atoms with Crippen LogP contribution in [0, 0.1) is 5.92 Å². The number of amides is 1. The average Bonchev–Trinajstić information content (AvgIpc) is 3.42. The fourth-order valence-electron chi connectivity index (χ4n) is 3.59. The van der Waals surface area contributed by atoms with E-state index in [0.29, 0.717) is 42.9 Å². The van der Waals surface area contributed by atoms with Crippen LogP contribution in [0.5, 0.6) is 5.88 Å². The number of carbonyl (C=O) groups is 1. The van der Waals surface area contributed by atoms with Crippen LogP contribution in [0.25, 0.3) is 11.5 Å². The molecule has 1 saturated heterocycles. The lowest BCUT2D eigenvalue weighted by Gasteiger charge is -2.16. The van der Waals surface area contributed by atoms with Gasteiger partial charge in [0, 0.05) is 43.9 Å². The zero-order valence-corrected chi connectivity index (χ0v) is 16.3. The molecule has 1 aliphatic rings. The van der Waals surface area contributed by atoms with Crippen molar-refractivity contribution in [3.05, 3.63) is 60.1 Å². The highest BCUT2D eigenvalue weighted by Crippen LogP contribution is 2.34. The number of hydrogen-bond acceptors (Lipinski definition) is 7. The highest BCUT2D eigenvalue weighted by molar-refractivity contribution is 5.94. The number of nitrogens with zero attached hydrogens (tertiary/aromatic N) is 4. The molecule has 0 aliphatic carbocycles. The summed E-state index contributed by atoms with van der Waals surface area (Å²) in [6, 6.07) is 13.0. The maximum atomic E-state index is 12.9.